The van der Waals surface area contributed by atoms with Crippen molar-refractivity contribution in [1.29, 1.82) is 0 Å². The van der Waals surface area contributed by atoms with Gasteiger partial charge in [-0.15, -0.1) is 10.2 Å². The van der Waals surface area contributed by atoms with Crippen LogP contribution in [0.4, 0.5) is 0 Å². The molecule has 0 aromatic carbocycles. The molecule has 0 spiro atoms. The van der Waals surface area contributed by atoms with E-state index < -0.39 is 0 Å². The molecule has 1 unspecified atom stereocenters. The third kappa shape index (κ3) is 3.30. The van der Waals surface area contributed by atoms with Gasteiger partial charge in [-0.3, -0.25) is 16.3 Å². The maximum absolute atomic E-state index is 5.52. The van der Waals surface area contributed by atoms with E-state index in [1.54, 1.807) is 13.2 Å². The van der Waals surface area contributed by atoms with E-state index in [9.17, 15) is 0 Å². The number of hydrogen-bond acceptors (Lipinski definition) is 6. The first-order valence-corrected chi connectivity index (χ1v) is 5.36. The molecule has 2 aromatic heterocycles. The maximum atomic E-state index is 5.52. The highest BCUT2D eigenvalue weighted by Crippen LogP contribution is 2.04. The third-order valence-electron chi connectivity index (χ3n) is 2.42. The number of pyridine rings is 1. The highest BCUT2D eigenvalue weighted by atomic mass is 15.6. The van der Waals surface area contributed by atoms with Gasteiger partial charge < -0.3 is 0 Å². The number of aryl methyl sites for hydroxylation is 1. The monoisotopic (exact) mass is 233 g/mol. The lowest BCUT2D eigenvalue weighted by atomic mass is 10.1. The van der Waals surface area contributed by atoms with Gasteiger partial charge in [0.1, 0.15) is 0 Å². The molecule has 7 heteroatoms. The van der Waals surface area contributed by atoms with Crippen LogP contribution in [0, 0.1) is 0 Å². The van der Waals surface area contributed by atoms with Gasteiger partial charge in [-0.25, -0.2) is 0 Å². The van der Waals surface area contributed by atoms with Crippen molar-refractivity contribution in [3.8, 4) is 0 Å². The maximum Gasteiger partial charge on any atom is 0.176 e. The summed E-state index contributed by atoms with van der Waals surface area (Å²) >= 11 is 0. The van der Waals surface area contributed by atoms with E-state index >= 15 is 0 Å². The lowest BCUT2D eigenvalue weighted by molar-refractivity contribution is 0.509. The first-order chi connectivity index (χ1) is 8.28. The predicted molar refractivity (Wildman–Crippen MR) is 61.6 cm³/mol. The van der Waals surface area contributed by atoms with Crippen LogP contribution in [-0.2, 0) is 19.9 Å². The predicted octanol–water partition coefficient (Wildman–Crippen LogP) is -0.778. The standard InChI is InChI=1S/C10H15N7/c1-17-15-10(14-16-17)6-9(13-11)5-8-3-2-4-12-7-8/h2-4,7,9,13H,5-6,11H2,1H3. The fraction of sp³-hybridized carbons (Fsp3) is 0.400. The molecule has 1 atom stereocenters. The summed E-state index contributed by atoms with van der Waals surface area (Å²) in [6.07, 6.45) is 4.99. The molecule has 2 aromatic rings. The zero-order chi connectivity index (χ0) is 12.1. The van der Waals surface area contributed by atoms with Crippen LogP contribution in [-0.4, -0.2) is 31.2 Å². The minimum absolute atomic E-state index is 0.0726. The average molecular weight is 233 g/mol. The van der Waals surface area contributed by atoms with E-state index in [0.717, 1.165) is 12.0 Å². The second-order valence-electron chi connectivity index (χ2n) is 3.83. The summed E-state index contributed by atoms with van der Waals surface area (Å²) in [5.41, 5.74) is 3.89. The molecular weight excluding hydrogens is 218 g/mol. The molecule has 0 fully saturated rings. The quantitative estimate of drug-likeness (QED) is 0.520. The topological polar surface area (TPSA) is 94.5 Å². The fourth-order valence-electron chi connectivity index (χ4n) is 1.62. The SMILES string of the molecule is Cn1nnc(CC(Cc2cccnc2)NN)n1. The van der Waals surface area contributed by atoms with Crippen molar-refractivity contribution in [2.24, 2.45) is 12.9 Å². The number of hydrogen-bond donors (Lipinski definition) is 2. The van der Waals surface area contributed by atoms with Crippen molar-refractivity contribution < 1.29 is 0 Å². The Kier molecular flexibility index (Phi) is 3.73. The molecule has 0 radical (unpaired) electrons. The largest absolute Gasteiger partial charge is 0.271 e. The van der Waals surface area contributed by atoms with E-state index in [4.69, 9.17) is 5.84 Å². The Morgan fingerprint density at radius 2 is 2.35 bits per heavy atom. The average Bonchev–Trinajstić information content (AvgIpc) is 2.75. The molecule has 0 aliphatic carbocycles. The molecule has 3 N–H and O–H groups in total. The van der Waals surface area contributed by atoms with Gasteiger partial charge in [0.25, 0.3) is 0 Å². The van der Waals surface area contributed by atoms with Crippen LogP contribution < -0.4 is 11.3 Å². The first-order valence-electron chi connectivity index (χ1n) is 5.36. The van der Waals surface area contributed by atoms with E-state index in [1.165, 1.54) is 4.80 Å². The zero-order valence-corrected chi connectivity index (χ0v) is 9.61. The van der Waals surface area contributed by atoms with Crippen LogP contribution >= 0.6 is 0 Å². The van der Waals surface area contributed by atoms with E-state index in [1.807, 2.05) is 18.3 Å². The summed E-state index contributed by atoms with van der Waals surface area (Å²) in [5.74, 6) is 6.20. The minimum atomic E-state index is 0.0726. The molecule has 2 heterocycles. The second kappa shape index (κ2) is 5.46. The van der Waals surface area contributed by atoms with Crippen molar-refractivity contribution >= 4 is 0 Å². The highest BCUT2D eigenvalue weighted by molar-refractivity contribution is 5.10. The van der Waals surface area contributed by atoms with E-state index in [-0.39, 0.29) is 6.04 Å². The Bertz CT molecular complexity index is 453. The Morgan fingerprint density at radius 3 is 2.94 bits per heavy atom. The van der Waals surface area contributed by atoms with Crippen molar-refractivity contribution in [1.82, 2.24) is 30.6 Å². The lowest BCUT2D eigenvalue weighted by Crippen LogP contribution is -2.38. The molecule has 0 saturated heterocycles. The van der Waals surface area contributed by atoms with Crippen LogP contribution in [0.1, 0.15) is 11.4 Å². The molecule has 2 rings (SSSR count). The summed E-state index contributed by atoms with van der Waals surface area (Å²) in [6.45, 7) is 0. The molecule has 0 aliphatic heterocycles. The molecular formula is C10H15N7. The van der Waals surface area contributed by atoms with Crippen molar-refractivity contribution in [2.45, 2.75) is 18.9 Å². The van der Waals surface area contributed by atoms with Gasteiger partial charge in [-0.05, 0) is 23.3 Å². The summed E-state index contributed by atoms with van der Waals surface area (Å²) < 4.78 is 0. The van der Waals surface area contributed by atoms with Crippen LogP contribution in [0.15, 0.2) is 24.5 Å². The van der Waals surface area contributed by atoms with Gasteiger partial charge >= 0.3 is 0 Å². The smallest absolute Gasteiger partial charge is 0.176 e. The molecule has 0 aliphatic rings. The Hall–Kier alpha value is -1.86. The van der Waals surface area contributed by atoms with Gasteiger partial charge in [0.2, 0.25) is 0 Å². The summed E-state index contributed by atoms with van der Waals surface area (Å²) in [5, 5.41) is 11.8. The van der Waals surface area contributed by atoms with Crippen molar-refractivity contribution in [3.05, 3.63) is 35.9 Å². The van der Waals surface area contributed by atoms with Gasteiger partial charge in [-0.2, -0.15) is 4.80 Å². The highest BCUT2D eigenvalue weighted by Gasteiger charge is 2.12. The Balaban J connectivity index is 1.98. The van der Waals surface area contributed by atoms with E-state index in [0.29, 0.717) is 12.2 Å². The molecule has 90 valence electrons. The lowest BCUT2D eigenvalue weighted by Gasteiger charge is -2.13. The summed E-state index contributed by atoms with van der Waals surface area (Å²) in [6, 6.07) is 3.99. The number of tetrazole rings is 1. The number of hydrazine groups is 1. The van der Waals surface area contributed by atoms with Gasteiger partial charge in [-0.1, -0.05) is 6.07 Å². The molecule has 17 heavy (non-hydrogen) atoms. The second-order valence-corrected chi connectivity index (χ2v) is 3.83. The minimum Gasteiger partial charge on any atom is -0.271 e. The number of rotatable bonds is 5. The van der Waals surface area contributed by atoms with Crippen LogP contribution in [0.2, 0.25) is 0 Å². The Morgan fingerprint density at radius 1 is 1.47 bits per heavy atom. The van der Waals surface area contributed by atoms with E-state index in [2.05, 4.69) is 25.8 Å². The fourth-order valence-corrected chi connectivity index (χ4v) is 1.62. The Labute approximate surface area is 99.0 Å². The van der Waals surface area contributed by atoms with Crippen LogP contribution in [0.5, 0.6) is 0 Å². The molecule has 7 nitrogen and oxygen atoms in total. The number of nitrogens with one attached hydrogen (secondary N) is 1. The normalized spacial score (nSPS) is 12.6. The molecule has 0 saturated carbocycles. The van der Waals surface area contributed by atoms with Crippen molar-refractivity contribution in [2.75, 3.05) is 0 Å². The summed E-state index contributed by atoms with van der Waals surface area (Å²) in [7, 11) is 1.74. The van der Waals surface area contributed by atoms with Gasteiger partial charge in [0.05, 0.1) is 7.05 Å². The first kappa shape index (κ1) is 11.6. The van der Waals surface area contributed by atoms with Gasteiger partial charge in [0.15, 0.2) is 5.82 Å². The number of aromatic nitrogens is 5. The number of nitrogens with two attached hydrogens (primary N) is 1. The molecule has 0 bridgehead atoms. The number of nitrogens with zero attached hydrogens (tertiary/aromatic N) is 5. The molecule has 0 amide bonds. The van der Waals surface area contributed by atoms with Gasteiger partial charge in [0, 0.05) is 24.9 Å². The van der Waals surface area contributed by atoms with Crippen LogP contribution in [0.3, 0.4) is 0 Å². The summed E-state index contributed by atoms with van der Waals surface area (Å²) in [4.78, 5) is 5.50. The van der Waals surface area contributed by atoms with Crippen molar-refractivity contribution in [3.63, 3.8) is 0 Å². The zero-order valence-electron chi connectivity index (χ0n) is 9.61. The third-order valence-corrected chi connectivity index (χ3v) is 2.42. The van der Waals surface area contributed by atoms with Crippen LogP contribution in [0.25, 0.3) is 0 Å².